The summed E-state index contributed by atoms with van der Waals surface area (Å²) >= 11 is 0. The molecule has 0 aliphatic heterocycles. The number of aromatic nitrogens is 5. The number of aromatic amines is 1. The molecule has 0 radical (unpaired) electrons. The van der Waals surface area contributed by atoms with Gasteiger partial charge in [0, 0.05) is 20.3 Å². The molecule has 0 saturated heterocycles. The van der Waals surface area contributed by atoms with E-state index in [-0.39, 0.29) is 11.9 Å². The molecule has 100 valence electrons. The monoisotopic (exact) mass is 261 g/mol. The number of anilines is 1. The summed E-state index contributed by atoms with van der Waals surface area (Å²) in [4.78, 5) is 18.0. The molecule has 0 saturated carbocycles. The summed E-state index contributed by atoms with van der Waals surface area (Å²) in [6.07, 6.45) is 1.54. The van der Waals surface area contributed by atoms with Gasteiger partial charge in [-0.15, -0.1) is 10.2 Å². The average molecular weight is 261 g/mol. The first-order valence-electron chi connectivity index (χ1n) is 5.75. The highest BCUT2D eigenvalue weighted by molar-refractivity contribution is 5.94. The van der Waals surface area contributed by atoms with Crippen LogP contribution in [-0.2, 0) is 0 Å². The summed E-state index contributed by atoms with van der Waals surface area (Å²) in [7, 11) is 3.78. The van der Waals surface area contributed by atoms with Crippen molar-refractivity contribution in [1.82, 2.24) is 30.9 Å². The molecule has 0 bridgehead atoms. The minimum absolute atomic E-state index is 0.227. The molecule has 2 aromatic heterocycles. The van der Waals surface area contributed by atoms with Crippen LogP contribution in [0.25, 0.3) is 0 Å². The third-order valence-electron chi connectivity index (χ3n) is 2.56. The summed E-state index contributed by atoms with van der Waals surface area (Å²) in [5.41, 5.74) is 0.487. The van der Waals surface area contributed by atoms with Crippen molar-refractivity contribution in [1.29, 1.82) is 0 Å². The Morgan fingerprint density at radius 3 is 2.74 bits per heavy atom. The first-order valence-corrected chi connectivity index (χ1v) is 5.75. The molecule has 0 aliphatic carbocycles. The van der Waals surface area contributed by atoms with Gasteiger partial charge in [0.25, 0.3) is 5.91 Å². The lowest BCUT2D eigenvalue weighted by Crippen LogP contribution is -2.27. The Kier molecular flexibility index (Phi) is 3.69. The van der Waals surface area contributed by atoms with Crippen molar-refractivity contribution in [2.45, 2.75) is 13.0 Å². The molecule has 2 rings (SSSR count). The van der Waals surface area contributed by atoms with E-state index in [1.54, 1.807) is 19.1 Å². The zero-order valence-corrected chi connectivity index (χ0v) is 11.0. The van der Waals surface area contributed by atoms with Gasteiger partial charge >= 0.3 is 0 Å². The molecule has 2 heterocycles. The standard InChI is InChI=1S/C11H15N7O/c1-7(10-14-16-17-15-10)13-11(19)8-4-5-9(12-6-8)18(2)3/h4-7H,1-3H3,(H,13,19)(H,14,15,16,17). The summed E-state index contributed by atoms with van der Waals surface area (Å²) in [6, 6.07) is 3.19. The van der Waals surface area contributed by atoms with Crippen molar-refractivity contribution < 1.29 is 4.79 Å². The first kappa shape index (κ1) is 12.9. The lowest BCUT2D eigenvalue weighted by molar-refractivity contribution is 0.0938. The van der Waals surface area contributed by atoms with Gasteiger partial charge in [0.15, 0.2) is 5.82 Å². The van der Waals surface area contributed by atoms with E-state index < -0.39 is 0 Å². The molecule has 0 aromatic carbocycles. The second-order valence-corrected chi connectivity index (χ2v) is 4.26. The summed E-state index contributed by atoms with van der Waals surface area (Å²) in [5.74, 6) is 1.00. The lowest BCUT2D eigenvalue weighted by Gasteiger charge is -2.12. The van der Waals surface area contributed by atoms with E-state index in [9.17, 15) is 4.79 Å². The first-order chi connectivity index (χ1) is 9.08. The Morgan fingerprint density at radius 2 is 2.21 bits per heavy atom. The van der Waals surface area contributed by atoms with Crippen LogP contribution in [0.2, 0.25) is 0 Å². The molecule has 0 fully saturated rings. The fraction of sp³-hybridized carbons (Fsp3) is 0.364. The van der Waals surface area contributed by atoms with Gasteiger partial charge in [-0.05, 0) is 19.1 Å². The third-order valence-corrected chi connectivity index (χ3v) is 2.56. The van der Waals surface area contributed by atoms with Gasteiger partial charge in [-0.3, -0.25) is 4.79 Å². The Hall–Kier alpha value is -2.51. The number of amides is 1. The van der Waals surface area contributed by atoms with Crippen LogP contribution in [0.3, 0.4) is 0 Å². The molecule has 2 aromatic rings. The molecule has 1 amide bonds. The molecule has 2 N–H and O–H groups in total. The van der Waals surface area contributed by atoms with Crippen molar-refractivity contribution in [3.05, 3.63) is 29.7 Å². The molecule has 0 aliphatic rings. The van der Waals surface area contributed by atoms with E-state index in [1.165, 1.54) is 6.20 Å². The highest BCUT2D eigenvalue weighted by Crippen LogP contribution is 2.10. The number of hydrogen-bond acceptors (Lipinski definition) is 6. The van der Waals surface area contributed by atoms with Crippen LogP contribution >= 0.6 is 0 Å². The van der Waals surface area contributed by atoms with Crippen molar-refractivity contribution in [2.75, 3.05) is 19.0 Å². The molecule has 8 heteroatoms. The van der Waals surface area contributed by atoms with Gasteiger partial charge in [0.05, 0.1) is 11.6 Å². The maximum atomic E-state index is 12.0. The Labute approximate surface area is 110 Å². The van der Waals surface area contributed by atoms with Crippen molar-refractivity contribution >= 4 is 11.7 Å². The molecule has 1 unspecified atom stereocenters. The number of carbonyl (C=O) groups is 1. The fourth-order valence-electron chi connectivity index (χ4n) is 1.48. The summed E-state index contributed by atoms with van der Waals surface area (Å²) in [6.45, 7) is 1.78. The zero-order valence-electron chi connectivity index (χ0n) is 11.0. The van der Waals surface area contributed by atoms with Crippen LogP contribution in [0.4, 0.5) is 5.82 Å². The van der Waals surface area contributed by atoms with E-state index in [0.717, 1.165) is 5.82 Å². The van der Waals surface area contributed by atoms with E-state index in [0.29, 0.717) is 11.4 Å². The SMILES string of the molecule is CC(NC(=O)c1ccc(N(C)C)nc1)c1nn[nH]n1. The smallest absolute Gasteiger partial charge is 0.253 e. The van der Waals surface area contributed by atoms with Gasteiger partial charge in [-0.2, -0.15) is 5.21 Å². The maximum absolute atomic E-state index is 12.0. The normalized spacial score (nSPS) is 11.9. The second-order valence-electron chi connectivity index (χ2n) is 4.26. The number of nitrogens with zero attached hydrogens (tertiary/aromatic N) is 5. The van der Waals surface area contributed by atoms with Gasteiger partial charge in [-0.1, -0.05) is 5.21 Å². The second kappa shape index (κ2) is 5.42. The fourth-order valence-corrected chi connectivity index (χ4v) is 1.48. The minimum Gasteiger partial charge on any atom is -0.363 e. The topological polar surface area (TPSA) is 99.7 Å². The van der Waals surface area contributed by atoms with Gasteiger partial charge in [0.1, 0.15) is 5.82 Å². The lowest BCUT2D eigenvalue weighted by atomic mass is 10.2. The van der Waals surface area contributed by atoms with Crippen LogP contribution in [-0.4, -0.2) is 45.6 Å². The average Bonchev–Trinajstić information content (AvgIpc) is 2.92. The van der Waals surface area contributed by atoms with Gasteiger partial charge in [0.2, 0.25) is 0 Å². The molecular weight excluding hydrogens is 246 g/mol. The quantitative estimate of drug-likeness (QED) is 0.812. The third kappa shape index (κ3) is 3.03. The summed E-state index contributed by atoms with van der Waals surface area (Å²) < 4.78 is 0. The van der Waals surface area contributed by atoms with E-state index in [1.807, 2.05) is 19.0 Å². The van der Waals surface area contributed by atoms with Crippen molar-refractivity contribution in [3.8, 4) is 0 Å². The molecule has 19 heavy (non-hydrogen) atoms. The Morgan fingerprint density at radius 1 is 1.42 bits per heavy atom. The van der Waals surface area contributed by atoms with Crippen LogP contribution < -0.4 is 10.2 Å². The van der Waals surface area contributed by atoms with Gasteiger partial charge < -0.3 is 10.2 Å². The number of pyridine rings is 1. The number of tetrazole rings is 1. The number of hydrogen-bond donors (Lipinski definition) is 2. The largest absolute Gasteiger partial charge is 0.363 e. The van der Waals surface area contributed by atoms with Crippen LogP contribution in [0.1, 0.15) is 29.1 Å². The number of nitrogens with one attached hydrogen (secondary N) is 2. The molecular formula is C11H15N7O. The highest BCUT2D eigenvalue weighted by atomic mass is 16.1. The number of H-pyrrole nitrogens is 1. The number of rotatable bonds is 4. The van der Waals surface area contributed by atoms with E-state index in [2.05, 4.69) is 30.9 Å². The Balaban J connectivity index is 2.03. The van der Waals surface area contributed by atoms with Crippen LogP contribution in [0.15, 0.2) is 18.3 Å². The minimum atomic E-state index is -0.320. The highest BCUT2D eigenvalue weighted by Gasteiger charge is 2.15. The number of carbonyl (C=O) groups excluding carboxylic acids is 1. The maximum Gasteiger partial charge on any atom is 0.253 e. The van der Waals surface area contributed by atoms with Gasteiger partial charge in [-0.25, -0.2) is 4.98 Å². The van der Waals surface area contributed by atoms with E-state index in [4.69, 9.17) is 0 Å². The summed E-state index contributed by atoms with van der Waals surface area (Å²) in [5, 5.41) is 16.2. The Bertz CT molecular complexity index is 535. The zero-order chi connectivity index (χ0) is 13.8. The van der Waals surface area contributed by atoms with E-state index >= 15 is 0 Å². The predicted molar refractivity (Wildman–Crippen MR) is 68.6 cm³/mol. The van der Waals surface area contributed by atoms with Crippen LogP contribution in [0.5, 0.6) is 0 Å². The van der Waals surface area contributed by atoms with Crippen LogP contribution in [0, 0.1) is 0 Å². The van der Waals surface area contributed by atoms with Crippen molar-refractivity contribution in [3.63, 3.8) is 0 Å². The molecule has 8 nitrogen and oxygen atoms in total. The molecule has 0 spiro atoms. The van der Waals surface area contributed by atoms with Crippen molar-refractivity contribution in [2.24, 2.45) is 0 Å². The molecule has 1 atom stereocenters. The predicted octanol–water partition coefficient (Wildman–Crippen LogP) is 0.152.